The lowest BCUT2D eigenvalue weighted by Gasteiger charge is -2.17. The molecule has 0 fully saturated rings. The second-order valence-electron chi connectivity index (χ2n) is 5.22. The van der Waals surface area contributed by atoms with Gasteiger partial charge in [0, 0.05) is 17.0 Å². The normalized spacial score (nSPS) is 11.0. The first-order valence-electron chi connectivity index (χ1n) is 7.20. The molecule has 106 valence electrons. The van der Waals surface area contributed by atoms with Crippen LogP contribution < -0.4 is 0 Å². The molecular weight excluding hydrogens is 248 g/mol. The third-order valence-electron chi connectivity index (χ3n) is 3.93. The summed E-state index contributed by atoms with van der Waals surface area (Å²) >= 11 is 0. The van der Waals surface area contributed by atoms with Gasteiger partial charge in [0.05, 0.1) is 0 Å². The number of aryl methyl sites for hydroxylation is 2. The van der Waals surface area contributed by atoms with Crippen LogP contribution >= 0.6 is 0 Å². The van der Waals surface area contributed by atoms with E-state index < -0.39 is 0 Å². The maximum Gasteiger partial charge on any atom is 0.119 e. The maximum atomic E-state index is 10.1. The van der Waals surface area contributed by atoms with Gasteiger partial charge in [-0.2, -0.15) is 0 Å². The fourth-order valence-corrected chi connectivity index (χ4v) is 2.51. The van der Waals surface area contributed by atoms with Crippen molar-refractivity contribution in [3.63, 3.8) is 0 Å². The van der Waals surface area contributed by atoms with Crippen molar-refractivity contribution in [2.24, 2.45) is 0 Å². The van der Waals surface area contributed by atoms with Crippen molar-refractivity contribution in [2.75, 3.05) is 0 Å². The highest BCUT2D eigenvalue weighted by Gasteiger charge is 2.17. The summed E-state index contributed by atoms with van der Waals surface area (Å²) in [6.45, 7) is 6.20. The second kappa shape index (κ2) is 6.00. The molecule has 2 aromatic carbocycles. The number of aromatic hydroxyl groups is 2. The molecule has 0 aliphatic heterocycles. The summed E-state index contributed by atoms with van der Waals surface area (Å²) in [6, 6.07) is 11.4. The third-order valence-corrected chi connectivity index (χ3v) is 3.93. The first-order valence-corrected chi connectivity index (χ1v) is 7.20. The Bertz CT molecular complexity index is 549. The number of phenolic OH excluding ortho intramolecular Hbond substituents is 2. The van der Waals surface area contributed by atoms with Crippen molar-refractivity contribution in [3.05, 3.63) is 58.7 Å². The van der Waals surface area contributed by atoms with Crippen LogP contribution in [-0.2, 0) is 12.8 Å². The molecule has 0 amide bonds. The van der Waals surface area contributed by atoms with Gasteiger partial charge in [0.25, 0.3) is 0 Å². The van der Waals surface area contributed by atoms with Gasteiger partial charge >= 0.3 is 0 Å². The van der Waals surface area contributed by atoms with E-state index in [0.29, 0.717) is 0 Å². The molecule has 20 heavy (non-hydrogen) atoms. The summed E-state index contributed by atoms with van der Waals surface area (Å²) in [6.07, 6.45) is 1.86. The van der Waals surface area contributed by atoms with Crippen LogP contribution in [0.15, 0.2) is 36.4 Å². The molecule has 0 aromatic heterocycles. The summed E-state index contributed by atoms with van der Waals surface area (Å²) in [5, 5.41) is 20.2. The van der Waals surface area contributed by atoms with Crippen LogP contribution in [0.5, 0.6) is 11.5 Å². The van der Waals surface area contributed by atoms with Crippen LogP contribution in [0.25, 0.3) is 0 Å². The van der Waals surface area contributed by atoms with Crippen molar-refractivity contribution < 1.29 is 10.2 Å². The molecule has 0 unspecified atom stereocenters. The Labute approximate surface area is 120 Å². The maximum absolute atomic E-state index is 10.1. The number of hydrogen-bond donors (Lipinski definition) is 2. The molecular formula is C18H22O2. The Morgan fingerprint density at radius 2 is 1.20 bits per heavy atom. The van der Waals surface area contributed by atoms with E-state index in [-0.39, 0.29) is 17.4 Å². The topological polar surface area (TPSA) is 40.5 Å². The van der Waals surface area contributed by atoms with E-state index in [1.54, 1.807) is 12.1 Å². The van der Waals surface area contributed by atoms with E-state index in [1.807, 2.05) is 31.2 Å². The van der Waals surface area contributed by atoms with Gasteiger partial charge in [-0.05, 0) is 36.1 Å². The molecule has 0 bridgehead atoms. The van der Waals surface area contributed by atoms with Crippen LogP contribution in [0.3, 0.4) is 0 Å². The Morgan fingerprint density at radius 1 is 0.800 bits per heavy atom. The van der Waals surface area contributed by atoms with E-state index in [4.69, 9.17) is 0 Å². The first-order chi connectivity index (χ1) is 9.56. The van der Waals surface area contributed by atoms with Gasteiger partial charge in [0.1, 0.15) is 11.5 Å². The first kappa shape index (κ1) is 14.4. The third kappa shape index (κ3) is 2.79. The average molecular weight is 270 g/mol. The summed E-state index contributed by atoms with van der Waals surface area (Å²) in [4.78, 5) is 0. The lowest BCUT2D eigenvalue weighted by Crippen LogP contribution is -1.99. The minimum atomic E-state index is -0.0343. The number of hydrogen-bond acceptors (Lipinski definition) is 2. The Hall–Kier alpha value is -1.96. The smallest absolute Gasteiger partial charge is 0.119 e. The van der Waals surface area contributed by atoms with Crippen molar-refractivity contribution in [1.29, 1.82) is 0 Å². The molecule has 2 aromatic rings. The molecule has 2 heteroatoms. The predicted molar refractivity (Wildman–Crippen MR) is 82.5 cm³/mol. The minimum absolute atomic E-state index is 0.0343. The van der Waals surface area contributed by atoms with Crippen LogP contribution in [0.2, 0.25) is 0 Å². The van der Waals surface area contributed by atoms with Gasteiger partial charge in [-0.15, -0.1) is 0 Å². The van der Waals surface area contributed by atoms with E-state index in [2.05, 4.69) is 13.8 Å². The second-order valence-corrected chi connectivity index (χ2v) is 5.22. The molecule has 0 heterocycles. The van der Waals surface area contributed by atoms with Crippen molar-refractivity contribution in [2.45, 2.75) is 39.5 Å². The van der Waals surface area contributed by atoms with Crippen LogP contribution in [0.1, 0.15) is 48.9 Å². The lowest BCUT2D eigenvalue weighted by atomic mass is 9.89. The molecule has 2 N–H and O–H groups in total. The van der Waals surface area contributed by atoms with Crippen molar-refractivity contribution in [3.8, 4) is 11.5 Å². The number of rotatable bonds is 4. The van der Waals surface area contributed by atoms with Crippen molar-refractivity contribution in [1.82, 2.24) is 0 Å². The highest BCUT2D eigenvalue weighted by molar-refractivity contribution is 5.48. The minimum Gasteiger partial charge on any atom is -0.508 e. The Kier molecular flexibility index (Phi) is 4.33. The summed E-state index contributed by atoms with van der Waals surface area (Å²) in [5.74, 6) is 0.542. The Balaban J connectivity index is 2.47. The molecule has 0 saturated heterocycles. The molecule has 2 nitrogen and oxygen atoms in total. The molecule has 0 radical (unpaired) electrons. The molecule has 2 rings (SSSR count). The number of phenols is 2. The van der Waals surface area contributed by atoms with Gasteiger partial charge in [-0.25, -0.2) is 0 Å². The summed E-state index contributed by atoms with van der Waals surface area (Å²) in [5.41, 5.74) is 4.12. The lowest BCUT2D eigenvalue weighted by molar-refractivity contribution is 0.456. The van der Waals surface area contributed by atoms with E-state index in [9.17, 15) is 10.2 Å². The van der Waals surface area contributed by atoms with E-state index >= 15 is 0 Å². The quantitative estimate of drug-likeness (QED) is 0.865. The largest absolute Gasteiger partial charge is 0.508 e. The number of benzene rings is 2. The standard InChI is InChI=1S/C18H22O2/c1-4-13-6-8-17(19)15(10-13)12(3)16-11-14(5-2)7-9-18(16)20/h6-12,19-20H,4-5H2,1-3H3. The van der Waals surface area contributed by atoms with Crippen molar-refractivity contribution >= 4 is 0 Å². The van der Waals surface area contributed by atoms with Gasteiger partial charge < -0.3 is 10.2 Å². The van der Waals surface area contributed by atoms with E-state index in [0.717, 1.165) is 24.0 Å². The fraction of sp³-hybridized carbons (Fsp3) is 0.333. The highest BCUT2D eigenvalue weighted by Crippen LogP contribution is 2.36. The van der Waals surface area contributed by atoms with Gasteiger partial charge in [0.15, 0.2) is 0 Å². The zero-order valence-corrected chi connectivity index (χ0v) is 12.4. The monoisotopic (exact) mass is 270 g/mol. The van der Waals surface area contributed by atoms with E-state index in [1.165, 1.54) is 11.1 Å². The van der Waals surface area contributed by atoms with Crippen LogP contribution in [0.4, 0.5) is 0 Å². The average Bonchev–Trinajstić information content (AvgIpc) is 2.47. The molecule has 0 spiro atoms. The zero-order valence-electron chi connectivity index (χ0n) is 12.4. The molecule has 0 saturated carbocycles. The van der Waals surface area contributed by atoms with Gasteiger partial charge in [-0.1, -0.05) is 45.0 Å². The SMILES string of the molecule is CCc1ccc(O)c(C(C)c2cc(CC)ccc2O)c1. The fourth-order valence-electron chi connectivity index (χ4n) is 2.51. The summed E-state index contributed by atoms with van der Waals surface area (Å²) < 4.78 is 0. The van der Waals surface area contributed by atoms with Gasteiger partial charge in [0.2, 0.25) is 0 Å². The van der Waals surface area contributed by atoms with Gasteiger partial charge in [-0.3, -0.25) is 0 Å². The van der Waals surface area contributed by atoms with Crippen LogP contribution in [-0.4, -0.2) is 10.2 Å². The van der Waals surface area contributed by atoms with Crippen LogP contribution in [0, 0.1) is 0 Å². The summed E-state index contributed by atoms with van der Waals surface area (Å²) in [7, 11) is 0. The Morgan fingerprint density at radius 3 is 1.55 bits per heavy atom. The molecule has 0 atom stereocenters. The molecule has 0 aliphatic rings. The predicted octanol–water partition coefficient (Wildman–Crippen LogP) is 4.37. The zero-order chi connectivity index (χ0) is 14.7. The molecule has 0 aliphatic carbocycles. The highest BCUT2D eigenvalue weighted by atomic mass is 16.3.